The molecule has 1 atom stereocenters. The summed E-state index contributed by atoms with van der Waals surface area (Å²) < 4.78 is 0. The fourth-order valence-corrected chi connectivity index (χ4v) is 2.59. The standard InChI is InChI=1S/C18H26N2/c1-14(2)18(13-20(3)4)19-12-16-10-7-9-15-8-5-6-11-17(15)16/h5-11,14,18-19H,12-13H2,1-4H3. The first-order valence-corrected chi connectivity index (χ1v) is 7.42. The normalized spacial score (nSPS) is 13.3. The summed E-state index contributed by atoms with van der Waals surface area (Å²) in [7, 11) is 4.27. The summed E-state index contributed by atoms with van der Waals surface area (Å²) in [6.07, 6.45) is 0. The van der Waals surface area contributed by atoms with E-state index in [4.69, 9.17) is 0 Å². The molecule has 0 heterocycles. The number of benzene rings is 2. The van der Waals surface area contributed by atoms with Gasteiger partial charge in [-0.25, -0.2) is 0 Å². The molecule has 0 spiro atoms. The molecule has 20 heavy (non-hydrogen) atoms. The van der Waals surface area contributed by atoms with Gasteiger partial charge in [0.25, 0.3) is 0 Å². The first-order valence-electron chi connectivity index (χ1n) is 7.42. The smallest absolute Gasteiger partial charge is 0.0220 e. The predicted molar refractivity (Wildman–Crippen MR) is 88.0 cm³/mol. The van der Waals surface area contributed by atoms with Crippen molar-refractivity contribution < 1.29 is 0 Å². The molecule has 2 heteroatoms. The lowest BCUT2D eigenvalue weighted by molar-refractivity contribution is 0.288. The zero-order chi connectivity index (χ0) is 14.5. The number of nitrogens with one attached hydrogen (secondary N) is 1. The second kappa shape index (κ2) is 6.87. The van der Waals surface area contributed by atoms with Crippen LogP contribution in [0, 0.1) is 5.92 Å². The Morgan fingerprint density at radius 1 is 1.00 bits per heavy atom. The molecule has 0 fully saturated rings. The van der Waals surface area contributed by atoms with Crippen LogP contribution < -0.4 is 5.32 Å². The van der Waals surface area contributed by atoms with E-state index >= 15 is 0 Å². The SMILES string of the molecule is CC(C)C(CN(C)C)NCc1cccc2ccccc12. The molecule has 108 valence electrons. The molecule has 0 aliphatic heterocycles. The van der Waals surface area contributed by atoms with E-state index in [0.29, 0.717) is 12.0 Å². The van der Waals surface area contributed by atoms with Gasteiger partial charge in [-0.15, -0.1) is 0 Å². The number of nitrogens with zero attached hydrogens (tertiary/aromatic N) is 1. The number of likely N-dealkylation sites (N-methyl/N-ethyl adjacent to an activating group) is 1. The Labute approximate surface area is 122 Å². The minimum Gasteiger partial charge on any atom is -0.308 e. The van der Waals surface area contributed by atoms with Crippen molar-refractivity contribution in [3.8, 4) is 0 Å². The van der Waals surface area contributed by atoms with Gasteiger partial charge < -0.3 is 10.2 Å². The minimum absolute atomic E-state index is 0.518. The summed E-state index contributed by atoms with van der Waals surface area (Å²) in [5.74, 6) is 0.632. The van der Waals surface area contributed by atoms with Crippen LogP contribution in [0.15, 0.2) is 42.5 Å². The van der Waals surface area contributed by atoms with Gasteiger partial charge in [0.1, 0.15) is 0 Å². The molecule has 2 nitrogen and oxygen atoms in total. The number of rotatable bonds is 6. The van der Waals surface area contributed by atoms with Gasteiger partial charge in [-0.05, 0) is 36.3 Å². The molecular formula is C18H26N2. The molecule has 0 saturated heterocycles. The van der Waals surface area contributed by atoms with Crippen LogP contribution >= 0.6 is 0 Å². The van der Waals surface area contributed by atoms with Crippen molar-refractivity contribution in [1.29, 1.82) is 0 Å². The Bertz CT molecular complexity index is 541. The fraction of sp³-hybridized carbons (Fsp3) is 0.444. The van der Waals surface area contributed by atoms with Crippen LogP contribution in [0.4, 0.5) is 0 Å². The van der Waals surface area contributed by atoms with E-state index in [-0.39, 0.29) is 0 Å². The molecule has 0 saturated carbocycles. The molecule has 1 unspecified atom stereocenters. The van der Waals surface area contributed by atoms with Crippen LogP contribution in [0.25, 0.3) is 10.8 Å². The maximum absolute atomic E-state index is 3.72. The second-order valence-corrected chi connectivity index (χ2v) is 6.13. The molecule has 0 aromatic heterocycles. The summed E-state index contributed by atoms with van der Waals surface area (Å²) in [5, 5.41) is 6.39. The maximum Gasteiger partial charge on any atom is 0.0220 e. The lowest BCUT2D eigenvalue weighted by atomic mass is 10.0. The van der Waals surface area contributed by atoms with E-state index in [9.17, 15) is 0 Å². The van der Waals surface area contributed by atoms with Gasteiger partial charge in [0.15, 0.2) is 0 Å². The predicted octanol–water partition coefficient (Wildman–Crippen LogP) is 3.52. The van der Waals surface area contributed by atoms with Crippen molar-refractivity contribution in [2.24, 2.45) is 5.92 Å². The highest BCUT2D eigenvalue weighted by Gasteiger charge is 2.14. The van der Waals surface area contributed by atoms with E-state index in [1.54, 1.807) is 0 Å². The summed E-state index contributed by atoms with van der Waals surface area (Å²) in [6, 6.07) is 15.7. The first-order chi connectivity index (χ1) is 9.58. The maximum atomic E-state index is 3.72. The highest BCUT2D eigenvalue weighted by atomic mass is 15.1. The minimum atomic E-state index is 0.518. The van der Waals surface area contributed by atoms with Crippen molar-refractivity contribution in [2.75, 3.05) is 20.6 Å². The van der Waals surface area contributed by atoms with E-state index in [1.165, 1.54) is 16.3 Å². The number of hydrogen-bond acceptors (Lipinski definition) is 2. The summed E-state index contributed by atoms with van der Waals surface area (Å²) in [6.45, 7) is 6.56. The van der Waals surface area contributed by atoms with E-state index in [1.807, 2.05) is 0 Å². The Hall–Kier alpha value is -1.38. The van der Waals surface area contributed by atoms with Gasteiger partial charge >= 0.3 is 0 Å². The Morgan fingerprint density at radius 3 is 2.40 bits per heavy atom. The van der Waals surface area contributed by atoms with E-state index in [0.717, 1.165) is 13.1 Å². The van der Waals surface area contributed by atoms with Crippen LogP contribution in [0.3, 0.4) is 0 Å². The topological polar surface area (TPSA) is 15.3 Å². The highest BCUT2D eigenvalue weighted by Crippen LogP contribution is 2.18. The van der Waals surface area contributed by atoms with E-state index in [2.05, 4.69) is 80.6 Å². The van der Waals surface area contributed by atoms with Crippen LogP contribution in [0.1, 0.15) is 19.4 Å². The molecule has 2 aromatic carbocycles. The summed E-state index contributed by atoms with van der Waals surface area (Å²) in [4.78, 5) is 2.25. The zero-order valence-electron chi connectivity index (χ0n) is 13.1. The Morgan fingerprint density at radius 2 is 1.70 bits per heavy atom. The van der Waals surface area contributed by atoms with Crippen LogP contribution in [-0.2, 0) is 6.54 Å². The fourth-order valence-electron chi connectivity index (χ4n) is 2.59. The third kappa shape index (κ3) is 3.81. The summed E-state index contributed by atoms with van der Waals surface area (Å²) >= 11 is 0. The quantitative estimate of drug-likeness (QED) is 0.864. The summed E-state index contributed by atoms with van der Waals surface area (Å²) in [5.41, 5.74) is 1.38. The average Bonchev–Trinajstić information content (AvgIpc) is 2.42. The average molecular weight is 270 g/mol. The van der Waals surface area contributed by atoms with Gasteiger partial charge in [0, 0.05) is 19.1 Å². The largest absolute Gasteiger partial charge is 0.308 e. The lowest BCUT2D eigenvalue weighted by Gasteiger charge is -2.26. The zero-order valence-corrected chi connectivity index (χ0v) is 13.1. The van der Waals surface area contributed by atoms with Gasteiger partial charge in [-0.2, -0.15) is 0 Å². The van der Waals surface area contributed by atoms with Crippen molar-refractivity contribution in [3.63, 3.8) is 0 Å². The van der Waals surface area contributed by atoms with Crippen LogP contribution in [-0.4, -0.2) is 31.6 Å². The van der Waals surface area contributed by atoms with Crippen molar-refractivity contribution >= 4 is 10.8 Å². The lowest BCUT2D eigenvalue weighted by Crippen LogP contribution is -2.41. The van der Waals surface area contributed by atoms with Gasteiger partial charge in [-0.3, -0.25) is 0 Å². The molecule has 1 N–H and O–H groups in total. The van der Waals surface area contributed by atoms with Gasteiger partial charge in [0.05, 0.1) is 0 Å². The number of hydrogen-bond donors (Lipinski definition) is 1. The number of fused-ring (bicyclic) bond motifs is 1. The molecule has 2 aromatic rings. The molecule has 0 aliphatic carbocycles. The van der Waals surface area contributed by atoms with Gasteiger partial charge in [-0.1, -0.05) is 56.3 Å². The third-order valence-corrected chi connectivity index (χ3v) is 3.80. The molecular weight excluding hydrogens is 244 g/mol. The van der Waals surface area contributed by atoms with E-state index < -0.39 is 0 Å². The first kappa shape index (κ1) is 15.0. The van der Waals surface area contributed by atoms with Crippen LogP contribution in [0.5, 0.6) is 0 Å². The molecule has 2 rings (SSSR count). The third-order valence-electron chi connectivity index (χ3n) is 3.80. The monoisotopic (exact) mass is 270 g/mol. The molecule has 0 radical (unpaired) electrons. The van der Waals surface area contributed by atoms with Crippen molar-refractivity contribution in [1.82, 2.24) is 10.2 Å². The molecule has 0 bridgehead atoms. The van der Waals surface area contributed by atoms with Crippen molar-refractivity contribution in [2.45, 2.75) is 26.4 Å². The molecule has 0 aliphatic rings. The second-order valence-electron chi connectivity index (χ2n) is 6.13. The Kier molecular flexibility index (Phi) is 5.16. The van der Waals surface area contributed by atoms with Crippen LogP contribution in [0.2, 0.25) is 0 Å². The highest BCUT2D eigenvalue weighted by molar-refractivity contribution is 5.85. The molecule has 0 amide bonds. The van der Waals surface area contributed by atoms with Crippen molar-refractivity contribution in [3.05, 3.63) is 48.0 Å². The Balaban J connectivity index is 2.11. The van der Waals surface area contributed by atoms with Gasteiger partial charge in [0.2, 0.25) is 0 Å².